The van der Waals surface area contributed by atoms with Crippen molar-refractivity contribution in [2.45, 2.75) is 90.9 Å². The largest absolute Gasteiger partial charge is 0.490 e. The van der Waals surface area contributed by atoms with Crippen LogP contribution in [-0.2, 0) is 0 Å². The maximum absolute atomic E-state index is 14.3. The van der Waals surface area contributed by atoms with Gasteiger partial charge in [0, 0.05) is 5.92 Å². The summed E-state index contributed by atoms with van der Waals surface area (Å²) in [7, 11) is 0. The van der Waals surface area contributed by atoms with E-state index in [1.807, 2.05) is 6.92 Å². The number of unbranched alkanes of at least 4 members (excludes halogenated alkanes) is 5. The van der Waals surface area contributed by atoms with Crippen molar-refractivity contribution >= 4 is 0 Å². The molecule has 0 bridgehead atoms. The second kappa shape index (κ2) is 12.8. The molecule has 0 aromatic heterocycles. The van der Waals surface area contributed by atoms with Gasteiger partial charge < -0.3 is 4.74 Å². The van der Waals surface area contributed by atoms with Crippen LogP contribution >= 0.6 is 0 Å². The predicted octanol–water partition coefficient (Wildman–Crippen LogP) is 7.66. The Morgan fingerprint density at radius 1 is 0.893 bits per heavy atom. The minimum atomic E-state index is -0.922. The lowest BCUT2D eigenvalue weighted by molar-refractivity contribution is 0.288. The quantitative estimate of drug-likeness (QED) is 0.294. The SMILES string of the molecule is CCCCCCC[C@H]1CC[C@H](C#Cc2ccc(OCCCC)c(F)c2F)CC1. The standard InChI is InChI=1S/C25H36F2O/c1-3-5-7-8-9-10-20-11-13-21(14-12-20)15-16-22-17-18-23(25(27)24(22)26)28-19-6-4-2/h17-18,20-21H,3-14,19H2,1-2H3/t20-,21-. The van der Waals surface area contributed by atoms with E-state index in [0.29, 0.717) is 12.5 Å². The molecule has 0 radical (unpaired) electrons. The molecule has 0 saturated heterocycles. The maximum Gasteiger partial charge on any atom is 0.201 e. The zero-order valence-electron chi connectivity index (χ0n) is 17.7. The van der Waals surface area contributed by atoms with Crippen LogP contribution in [-0.4, -0.2) is 6.61 Å². The van der Waals surface area contributed by atoms with Gasteiger partial charge in [0.05, 0.1) is 12.2 Å². The molecule has 0 amide bonds. The molecule has 0 atom stereocenters. The fourth-order valence-corrected chi connectivity index (χ4v) is 3.88. The first-order valence-electron chi connectivity index (χ1n) is 11.3. The van der Waals surface area contributed by atoms with E-state index in [1.54, 1.807) is 0 Å². The average Bonchev–Trinajstić information content (AvgIpc) is 2.71. The summed E-state index contributed by atoms with van der Waals surface area (Å²) in [5.41, 5.74) is 0.137. The van der Waals surface area contributed by atoms with E-state index < -0.39 is 11.6 Å². The third-order valence-corrected chi connectivity index (χ3v) is 5.78. The summed E-state index contributed by atoms with van der Waals surface area (Å²) in [6.45, 7) is 4.68. The van der Waals surface area contributed by atoms with Gasteiger partial charge in [0.15, 0.2) is 11.6 Å². The van der Waals surface area contributed by atoms with Gasteiger partial charge in [0.1, 0.15) is 0 Å². The number of benzene rings is 1. The van der Waals surface area contributed by atoms with Gasteiger partial charge in [0.25, 0.3) is 0 Å². The van der Waals surface area contributed by atoms with Gasteiger partial charge in [-0.3, -0.25) is 0 Å². The zero-order valence-corrected chi connectivity index (χ0v) is 17.7. The Hall–Kier alpha value is -1.56. The molecule has 0 N–H and O–H groups in total. The third-order valence-electron chi connectivity index (χ3n) is 5.78. The van der Waals surface area contributed by atoms with Crippen molar-refractivity contribution in [3.05, 3.63) is 29.3 Å². The van der Waals surface area contributed by atoms with Gasteiger partial charge in [-0.2, -0.15) is 4.39 Å². The van der Waals surface area contributed by atoms with Crippen molar-refractivity contribution in [3.8, 4) is 17.6 Å². The van der Waals surface area contributed by atoms with Crippen LogP contribution in [0.3, 0.4) is 0 Å². The van der Waals surface area contributed by atoms with Gasteiger partial charge in [0.2, 0.25) is 5.82 Å². The molecule has 1 aliphatic rings. The third kappa shape index (κ3) is 7.46. The Kier molecular flexibility index (Phi) is 10.4. The summed E-state index contributed by atoms with van der Waals surface area (Å²) in [5, 5.41) is 0. The molecule has 2 rings (SSSR count). The van der Waals surface area contributed by atoms with E-state index in [2.05, 4.69) is 18.8 Å². The molecular weight excluding hydrogens is 354 g/mol. The predicted molar refractivity (Wildman–Crippen MR) is 112 cm³/mol. The van der Waals surface area contributed by atoms with Crippen LogP contribution in [0.5, 0.6) is 5.75 Å². The Morgan fingerprint density at radius 2 is 1.61 bits per heavy atom. The fraction of sp³-hybridized carbons (Fsp3) is 0.680. The smallest absolute Gasteiger partial charge is 0.201 e. The highest BCUT2D eigenvalue weighted by Crippen LogP contribution is 2.32. The minimum Gasteiger partial charge on any atom is -0.490 e. The molecule has 156 valence electrons. The number of rotatable bonds is 10. The molecule has 1 fully saturated rings. The molecule has 0 spiro atoms. The van der Waals surface area contributed by atoms with Gasteiger partial charge in [-0.1, -0.05) is 70.6 Å². The van der Waals surface area contributed by atoms with E-state index in [4.69, 9.17) is 4.74 Å². The van der Waals surface area contributed by atoms with Crippen molar-refractivity contribution in [3.63, 3.8) is 0 Å². The van der Waals surface area contributed by atoms with Crippen LogP contribution in [0.15, 0.2) is 12.1 Å². The first kappa shape index (κ1) is 22.7. The van der Waals surface area contributed by atoms with Crippen LogP contribution < -0.4 is 4.74 Å². The molecule has 1 aliphatic carbocycles. The van der Waals surface area contributed by atoms with Crippen molar-refractivity contribution in [2.75, 3.05) is 6.61 Å². The topological polar surface area (TPSA) is 9.23 Å². The molecule has 1 nitrogen and oxygen atoms in total. The molecule has 28 heavy (non-hydrogen) atoms. The summed E-state index contributed by atoms with van der Waals surface area (Å²) in [4.78, 5) is 0. The van der Waals surface area contributed by atoms with E-state index >= 15 is 0 Å². The van der Waals surface area contributed by atoms with Crippen molar-refractivity contribution in [1.29, 1.82) is 0 Å². The lowest BCUT2D eigenvalue weighted by Gasteiger charge is -2.25. The summed E-state index contributed by atoms with van der Waals surface area (Å²) in [6, 6.07) is 3.03. The zero-order chi connectivity index (χ0) is 20.2. The van der Waals surface area contributed by atoms with E-state index in [-0.39, 0.29) is 11.3 Å². The summed E-state index contributed by atoms with van der Waals surface area (Å²) in [6.07, 6.45) is 14.4. The van der Waals surface area contributed by atoms with E-state index in [0.717, 1.165) is 31.6 Å². The molecule has 1 saturated carbocycles. The number of hydrogen-bond acceptors (Lipinski definition) is 1. The Bertz CT molecular complexity index is 636. The van der Waals surface area contributed by atoms with Crippen LogP contribution in [0.25, 0.3) is 0 Å². The number of hydrogen-bond donors (Lipinski definition) is 0. The normalized spacial score (nSPS) is 19.1. The van der Waals surface area contributed by atoms with Crippen molar-refractivity contribution in [1.82, 2.24) is 0 Å². The van der Waals surface area contributed by atoms with Gasteiger partial charge in [-0.15, -0.1) is 0 Å². The number of ether oxygens (including phenoxy) is 1. The van der Waals surface area contributed by atoms with Crippen molar-refractivity contribution in [2.24, 2.45) is 11.8 Å². The fourth-order valence-electron chi connectivity index (χ4n) is 3.88. The molecule has 1 aromatic rings. The second-order valence-corrected chi connectivity index (χ2v) is 8.13. The Balaban J connectivity index is 1.80. The molecular formula is C25H36F2O. The van der Waals surface area contributed by atoms with Crippen LogP contribution in [0.2, 0.25) is 0 Å². The lowest BCUT2D eigenvalue weighted by atomic mass is 9.80. The summed E-state index contributed by atoms with van der Waals surface area (Å²) < 4.78 is 33.7. The van der Waals surface area contributed by atoms with Crippen LogP contribution in [0.4, 0.5) is 8.78 Å². The molecule has 0 heterocycles. The average molecular weight is 391 g/mol. The Morgan fingerprint density at radius 3 is 2.32 bits per heavy atom. The van der Waals surface area contributed by atoms with Gasteiger partial charge >= 0.3 is 0 Å². The molecule has 0 aliphatic heterocycles. The van der Waals surface area contributed by atoms with E-state index in [9.17, 15) is 8.78 Å². The van der Waals surface area contributed by atoms with Crippen LogP contribution in [0.1, 0.15) is 96.5 Å². The highest BCUT2D eigenvalue weighted by atomic mass is 19.2. The molecule has 3 heteroatoms. The number of halogens is 2. The van der Waals surface area contributed by atoms with Crippen LogP contribution in [0, 0.1) is 35.3 Å². The van der Waals surface area contributed by atoms with Crippen molar-refractivity contribution < 1.29 is 13.5 Å². The summed E-state index contributed by atoms with van der Waals surface area (Å²) >= 11 is 0. The van der Waals surface area contributed by atoms with Gasteiger partial charge in [-0.05, 0) is 50.2 Å². The Labute approximate surface area is 170 Å². The second-order valence-electron chi connectivity index (χ2n) is 8.13. The van der Waals surface area contributed by atoms with E-state index in [1.165, 1.54) is 63.5 Å². The first-order chi connectivity index (χ1) is 13.7. The highest BCUT2D eigenvalue weighted by molar-refractivity contribution is 5.41. The highest BCUT2D eigenvalue weighted by Gasteiger charge is 2.20. The lowest BCUT2D eigenvalue weighted by Crippen LogP contribution is -2.13. The molecule has 0 unspecified atom stereocenters. The maximum atomic E-state index is 14.3. The molecule has 1 aromatic carbocycles. The monoisotopic (exact) mass is 390 g/mol. The first-order valence-corrected chi connectivity index (χ1v) is 11.3. The summed E-state index contributed by atoms with van der Waals surface area (Å²) in [5.74, 6) is 5.37. The van der Waals surface area contributed by atoms with Gasteiger partial charge in [-0.25, -0.2) is 4.39 Å². The minimum absolute atomic E-state index is 0.0176.